The first-order valence-corrected chi connectivity index (χ1v) is 5.90. The lowest BCUT2D eigenvalue weighted by Crippen LogP contribution is -2.13. The van der Waals surface area contributed by atoms with E-state index >= 15 is 0 Å². The number of nitrogens with zero attached hydrogens (tertiary/aromatic N) is 2. The molecule has 1 unspecified atom stereocenters. The van der Waals surface area contributed by atoms with E-state index in [1.54, 1.807) is 0 Å². The molecule has 0 aliphatic rings. The molecule has 17 heavy (non-hydrogen) atoms. The number of hydrogen-bond acceptors (Lipinski definition) is 2. The summed E-state index contributed by atoms with van der Waals surface area (Å²) in [6.45, 7) is 4.29. The zero-order valence-electron chi connectivity index (χ0n) is 10.9. The van der Waals surface area contributed by atoms with Gasteiger partial charge < -0.3 is 5.32 Å². The molecular weight excluding hydrogens is 210 g/mol. The molecule has 0 aliphatic heterocycles. The largest absolute Gasteiger partial charge is 0.313 e. The van der Waals surface area contributed by atoms with Crippen LogP contribution in [0.5, 0.6) is 0 Å². The normalized spacial score (nSPS) is 12.7. The Bertz CT molecular complexity index is 514. The predicted molar refractivity (Wildman–Crippen MR) is 70.9 cm³/mol. The van der Waals surface area contributed by atoms with Gasteiger partial charge in [0.1, 0.15) is 0 Å². The number of hydrogen-bond donors (Lipinski definition) is 1. The minimum Gasteiger partial charge on any atom is -0.313 e. The van der Waals surface area contributed by atoms with Gasteiger partial charge in [-0.3, -0.25) is 4.68 Å². The van der Waals surface area contributed by atoms with Gasteiger partial charge in [-0.1, -0.05) is 24.3 Å². The van der Waals surface area contributed by atoms with Crippen molar-refractivity contribution in [2.45, 2.75) is 19.9 Å². The average Bonchev–Trinajstić information content (AvgIpc) is 2.71. The highest BCUT2D eigenvalue weighted by atomic mass is 15.3. The minimum absolute atomic E-state index is 0.304. The minimum atomic E-state index is 0.304. The molecule has 3 nitrogen and oxygen atoms in total. The molecule has 0 fully saturated rings. The van der Waals surface area contributed by atoms with E-state index in [0.29, 0.717) is 6.04 Å². The van der Waals surface area contributed by atoms with Gasteiger partial charge in [-0.15, -0.1) is 0 Å². The molecule has 0 amide bonds. The fraction of sp³-hybridized carbons (Fsp3) is 0.357. The van der Waals surface area contributed by atoms with Crippen LogP contribution < -0.4 is 5.32 Å². The number of aromatic nitrogens is 2. The second-order valence-corrected chi connectivity index (χ2v) is 4.40. The van der Waals surface area contributed by atoms with Crippen LogP contribution in [-0.2, 0) is 7.05 Å². The molecule has 0 saturated carbocycles. The van der Waals surface area contributed by atoms with Crippen LogP contribution in [-0.4, -0.2) is 16.8 Å². The molecule has 90 valence electrons. The van der Waals surface area contributed by atoms with E-state index in [1.165, 1.54) is 22.4 Å². The van der Waals surface area contributed by atoms with Crippen LogP contribution in [0.1, 0.15) is 24.1 Å². The van der Waals surface area contributed by atoms with Gasteiger partial charge in [-0.05, 0) is 26.5 Å². The Labute approximate surface area is 102 Å². The maximum Gasteiger partial charge on any atom is 0.0729 e. The molecule has 1 aromatic heterocycles. The quantitative estimate of drug-likeness (QED) is 0.877. The zero-order chi connectivity index (χ0) is 12.4. The molecule has 0 saturated heterocycles. The molecular formula is C14H19N3. The van der Waals surface area contributed by atoms with Gasteiger partial charge in [0.25, 0.3) is 0 Å². The summed E-state index contributed by atoms with van der Waals surface area (Å²) < 4.78 is 1.95. The third kappa shape index (κ3) is 2.11. The molecule has 3 heteroatoms. The Kier molecular flexibility index (Phi) is 3.29. The third-order valence-electron chi connectivity index (χ3n) is 3.27. The number of benzene rings is 1. The Morgan fingerprint density at radius 1 is 1.29 bits per heavy atom. The van der Waals surface area contributed by atoms with Crippen molar-refractivity contribution in [3.8, 4) is 11.3 Å². The van der Waals surface area contributed by atoms with E-state index < -0.39 is 0 Å². The molecule has 1 atom stereocenters. The summed E-state index contributed by atoms with van der Waals surface area (Å²) in [6, 6.07) is 8.73. The van der Waals surface area contributed by atoms with Crippen molar-refractivity contribution in [2.75, 3.05) is 7.05 Å². The SMILES string of the molecule is CNC(C)c1cnn(C)c1-c1ccccc1C. The Morgan fingerprint density at radius 3 is 2.65 bits per heavy atom. The lowest BCUT2D eigenvalue weighted by atomic mass is 9.99. The first kappa shape index (κ1) is 11.9. The summed E-state index contributed by atoms with van der Waals surface area (Å²) >= 11 is 0. The maximum atomic E-state index is 4.38. The predicted octanol–water partition coefficient (Wildman–Crippen LogP) is 2.68. The summed E-state index contributed by atoms with van der Waals surface area (Å²) in [4.78, 5) is 0. The second-order valence-electron chi connectivity index (χ2n) is 4.40. The number of rotatable bonds is 3. The molecule has 0 bridgehead atoms. The lowest BCUT2D eigenvalue weighted by Gasteiger charge is -2.13. The Balaban J connectivity index is 2.59. The fourth-order valence-electron chi connectivity index (χ4n) is 2.10. The highest BCUT2D eigenvalue weighted by Crippen LogP contribution is 2.29. The van der Waals surface area contributed by atoms with Gasteiger partial charge in [0.2, 0.25) is 0 Å². The van der Waals surface area contributed by atoms with Crippen LogP contribution >= 0.6 is 0 Å². The topological polar surface area (TPSA) is 29.9 Å². The van der Waals surface area contributed by atoms with Crippen molar-refractivity contribution in [1.29, 1.82) is 0 Å². The van der Waals surface area contributed by atoms with E-state index in [4.69, 9.17) is 0 Å². The Morgan fingerprint density at radius 2 is 2.00 bits per heavy atom. The molecule has 2 aromatic rings. The van der Waals surface area contributed by atoms with Crippen LogP contribution in [0.15, 0.2) is 30.5 Å². The van der Waals surface area contributed by atoms with Gasteiger partial charge >= 0.3 is 0 Å². The Hall–Kier alpha value is -1.61. The lowest BCUT2D eigenvalue weighted by molar-refractivity contribution is 0.653. The number of nitrogens with one attached hydrogen (secondary N) is 1. The first-order valence-electron chi connectivity index (χ1n) is 5.90. The van der Waals surface area contributed by atoms with Crippen molar-refractivity contribution >= 4 is 0 Å². The first-order chi connectivity index (χ1) is 8.15. The van der Waals surface area contributed by atoms with Crippen molar-refractivity contribution in [3.05, 3.63) is 41.6 Å². The van der Waals surface area contributed by atoms with E-state index in [-0.39, 0.29) is 0 Å². The standard InChI is InChI=1S/C14H19N3/c1-10-7-5-6-8-12(10)14-13(11(2)15-3)9-16-17(14)4/h5-9,11,15H,1-4H3. The number of aryl methyl sites for hydroxylation is 2. The van der Waals surface area contributed by atoms with E-state index in [1.807, 2.05) is 25.0 Å². The van der Waals surface area contributed by atoms with E-state index in [9.17, 15) is 0 Å². The highest BCUT2D eigenvalue weighted by molar-refractivity contribution is 5.67. The summed E-state index contributed by atoms with van der Waals surface area (Å²) in [7, 11) is 3.97. The van der Waals surface area contributed by atoms with Crippen LogP contribution in [0.25, 0.3) is 11.3 Å². The maximum absolute atomic E-state index is 4.38. The summed E-state index contributed by atoms with van der Waals surface area (Å²) in [5, 5.41) is 7.65. The van der Waals surface area contributed by atoms with Gasteiger partial charge in [-0.2, -0.15) is 5.10 Å². The molecule has 0 aliphatic carbocycles. The molecule has 1 N–H and O–H groups in total. The highest BCUT2D eigenvalue weighted by Gasteiger charge is 2.16. The van der Waals surface area contributed by atoms with Crippen LogP contribution in [0, 0.1) is 6.92 Å². The van der Waals surface area contributed by atoms with Crippen molar-refractivity contribution in [1.82, 2.24) is 15.1 Å². The molecule has 1 aromatic carbocycles. The van der Waals surface area contributed by atoms with Gasteiger partial charge in [0.15, 0.2) is 0 Å². The second kappa shape index (κ2) is 4.72. The van der Waals surface area contributed by atoms with E-state index in [2.05, 4.69) is 48.5 Å². The van der Waals surface area contributed by atoms with Crippen LogP contribution in [0.4, 0.5) is 0 Å². The van der Waals surface area contributed by atoms with Gasteiger partial charge in [-0.25, -0.2) is 0 Å². The van der Waals surface area contributed by atoms with Gasteiger partial charge in [0, 0.05) is 24.2 Å². The summed E-state index contributed by atoms with van der Waals surface area (Å²) in [5.41, 5.74) is 4.97. The van der Waals surface area contributed by atoms with Gasteiger partial charge in [0.05, 0.1) is 11.9 Å². The zero-order valence-corrected chi connectivity index (χ0v) is 10.9. The smallest absolute Gasteiger partial charge is 0.0729 e. The molecule has 2 rings (SSSR count). The van der Waals surface area contributed by atoms with Crippen molar-refractivity contribution in [3.63, 3.8) is 0 Å². The molecule has 1 heterocycles. The van der Waals surface area contributed by atoms with E-state index in [0.717, 1.165) is 0 Å². The van der Waals surface area contributed by atoms with Crippen molar-refractivity contribution in [2.24, 2.45) is 7.05 Å². The van der Waals surface area contributed by atoms with Crippen molar-refractivity contribution < 1.29 is 0 Å². The molecule has 0 radical (unpaired) electrons. The fourth-order valence-corrected chi connectivity index (χ4v) is 2.10. The third-order valence-corrected chi connectivity index (χ3v) is 3.27. The monoisotopic (exact) mass is 229 g/mol. The van der Waals surface area contributed by atoms with Crippen LogP contribution in [0.2, 0.25) is 0 Å². The summed E-state index contributed by atoms with van der Waals surface area (Å²) in [5.74, 6) is 0. The molecule has 0 spiro atoms. The average molecular weight is 229 g/mol. The van der Waals surface area contributed by atoms with Crippen LogP contribution in [0.3, 0.4) is 0 Å². The summed E-state index contributed by atoms with van der Waals surface area (Å²) in [6.07, 6.45) is 1.95.